The number of aliphatic carboxylic acids is 1. The van der Waals surface area contributed by atoms with E-state index in [9.17, 15) is 9.59 Å². The molecule has 1 atom stereocenters. The number of hydrogen-bond acceptors (Lipinski definition) is 3. The molecule has 2 N–H and O–H groups in total. The monoisotopic (exact) mass is 479 g/mol. The minimum absolute atomic E-state index is 0. The summed E-state index contributed by atoms with van der Waals surface area (Å²) in [6, 6.07) is 6.05. The number of nitrogens with one attached hydrogen (secondary N) is 1. The molecule has 98 valence electrons. The van der Waals surface area contributed by atoms with Crippen molar-refractivity contribution >= 4 is 12.4 Å². The predicted molar refractivity (Wildman–Crippen MR) is 57.0 cm³/mol. The third kappa shape index (κ3) is 3.91. The molecule has 0 saturated heterocycles. The van der Waals surface area contributed by atoms with Gasteiger partial charge in [0.2, 0.25) is 0 Å². The minimum atomic E-state index is -1.09. The summed E-state index contributed by atoms with van der Waals surface area (Å²) in [6.45, 7) is 0. The number of carboxylic acids is 1. The molecule has 0 heterocycles. The van der Waals surface area contributed by atoms with Gasteiger partial charge in [-0.15, -0.1) is 0 Å². The molecular weight excluding hydrogens is 467 g/mol. The average molecular weight is 479 g/mol. The Bertz CT molecular complexity index is 383. The van der Waals surface area contributed by atoms with Crippen LogP contribution in [-0.4, -0.2) is 30.6 Å². The van der Waals surface area contributed by atoms with Gasteiger partial charge >= 0.3 is 5.97 Å². The Kier molecular flexibility index (Phi) is 5.29. The van der Waals surface area contributed by atoms with Gasteiger partial charge in [-0.2, -0.15) is 6.41 Å². The molecule has 6 heteroatoms. The van der Waals surface area contributed by atoms with Crippen LogP contribution in [0.3, 0.4) is 0 Å². The first kappa shape index (κ1) is 14.0. The maximum absolute atomic E-state index is 10.8. The Morgan fingerprint density at radius 3 is 2.82 bits per heavy atom. The molecule has 5 nitrogen and oxygen atoms in total. The van der Waals surface area contributed by atoms with E-state index in [0.29, 0.717) is 5.75 Å². The number of ether oxygens (including phenoxy) is 1. The van der Waals surface area contributed by atoms with Crippen LogP contribution in [0.2, 0.25) is 0 Å². The first-order valence-corrected chi connectivity index (χ1v) is 4.65. The molecule has 0 saturated carbocycles. The van der Waals surface area contributed by atoms with Crippen LogP contribution in [0, 0.1) is 0 Å². The molecule has 1 amide bonds. The van der Waals surface area contributed by atoms with Gasteiger partial charge < -0.3 is 20.0 Å². The van der Waals surface area contributed by atoms with Crippen molar-refractivity contribution in [1.82, 2.24) is 5.32 Å². The van der Waals surface area contributed by atoms with Crippen molar-refractivity contribution in [3.63, 3.8) is 0 Å². The van der Waals surface area contributed by atoms with Gasteiger partial charge in [-0.05, 0) is 17.7 Å². The van der Waals surface area contributed by atoms with E-state index in [-0.39, 0.29) is 6.42 Å². The number of rotatable bonds is 6. The van der Waals surface area contributed by atoms with Crippen molar-refractivity contribution in [2.45, 2.75) is 12.5 Å². The molecule has 0 unspecified atom stereocenters. The maximum atomic E-state index is 10.8. The molecule has 0 aromatic heterocycles. The maximum Gasteiger partial charge on any atom is 0.323 e. The topological polar surface area (TPSA) is 75.6 Å². The second kappa shape index (κ2) is 6.44. The van der Waals surface area contributed by atoms with Gasteiger partial charge in [0.1, 0.15) is 11.8 Å². The Hall–Kier alpha value is -3.04. The van der Waals surface area contributed by atoms with Crippen LogP contribution >= 0.6 is 0 Å². The summed E-state index contributed by atoms with van der Waals surface area (Å²) in [5.41, 5.74) is 0.773. The van der Waals surface area contributed by atoms with Gasteiger partial charge in [-0.25, -0.2) is 0 Å². The molecular formula is C11H12FmNO4-. The predicted octanol–water partition coefficient (Wildman–Crippen LogP) is 0.348. The molecule has 0 radical (unpaired) electrons. The molecule has 0 spiro atoms. The van der Waals surface area contributed by atoms with Gasteiger partial charge in [0, 0.05) is 6.42 Å². The molecule has 1 aromatic carbocycles. The fourth-order valence-electron chi connectivity index (χ4n) is 1.31. The van der Waals surface area contributed by atoms with Gasteiger partial charge in [-0.1, -0.05) is 12.1 Å². The number of amides is 1. The van der Waals surface area contributed by atoms with Crippen molar-refractivity contribution in [2.24, 2.45) is 0 Å². The van der Waals surface area contributed by atoms with Gasteiger partial charge in [-0.3, -0.25) is 4.79 Å². The zero-order chi connectivity index (χ0) is 12.0. The Balaban J connectivity index is 0.00000256. The van der Waals surface area contributed by atoms with E-state index >= 15 is 0 Å². The van der Waals surface area contributed by atoms with Crippen molar-refractivity contribution in [3.8, 4) is 5.75 Å². The third-order valence-corrected chi connectivity index (χ3v) is 2.11. The van der Waals surface area contributed by atoms with Gasteiger partial charge in [0.05, 0.1) is 7.11 Å². The number of benzene rings is 1. The Morgan fingerprint density at radius 1 is 1.59 bits per heavy atom. The largest absolute Gasteiger partial charge is 0.520 e. The smallest absolute Gasteiger partial charge is 0.323 e. The zero-order valence-electron chi connectivity index (χ0n) is 9.05. The summed E-state index contributed by atoms with van der Waals surface area (Å²) >= 11 is 0. The van der Waals surface area contributed by atoms with E-state index in [0.717, 1.165) is 5.56 Å². The zero-order valence-corrected chi connectivity index (χ0v) is 11.5. The molecule has 17 heavy (non-hydrogen) atoms. The Labute approximate surface area is 93.0 Å². The van der Waals surface area contributed by atoms with Crippen LogP contribution in [-0.2, 0) is 16.0 Å². The van der Waals surface area contributed by atoms with Crippen LogP contribution in [0.1, 0.15) is 5.56 Å². The van der Waals surface area contributed by atoms with E-state index < -0.39 is 12.0 Å². The first-order valence-electron chi connectivity index (χ1n) is 4.65. The molecule has 0 aliphatic rings. The van der Waals surface area contributed by atoms with Crippen LogP contribution in [0.15, 0.2) is 24.3 Å². The molecule has 0 bridgehead atoms. The Morgan fingerprint density at radius 2 is 2.29 bits per heavy atom. The van der Waals surface area contributed by atoms with Crippen LogP contribution in [0.25, 0.3) is 0 Å². The van der Waals surface area contributed by atoms with Gasteiger partial charge in [0.15, 0.2) is 0 Å². The number of carboxylic acid groups (broad SMARTS) is 1. The molecule has 0 fully saturated rings. The minimum Gasteiger partial charge on any atom is -0.520 e. The standard InChI is InChI=1S/C11H12NO4.Fm/c1-16-9-4-2-3-8(5-9)6-10(11(14)15)12-7-13;/h2-5,10H,6H2,1H3,(H,12,13)(H,14,15);/q-1;/t10-;/m0./s1. The van der Waals surface area contributed by atoms with E-state index in [2.05, 4.69) is 5.32 Å². The van der Waals surface area contributed by atoms with Crippen LogP contribution < -0.4 is 10.1 Å². The van der Waals surface area contributed by atoms with Crippen molar-refractivity contribution in [1.29, 1.82) is 0 Å². The number of methoxy groups -OCH3 is 1. The van der Waals surface area contributed by atoms with E-state index in [1.54, 1.807) is 24.3 Å². The van der Waals surface area contributed by atoms with E-state index in [1.165, 1.54) is 13.5 Å². The van der Waals surface area contributed by atoms with E-state index in [1.807, 2.05) is 0 Å². The molecule has 0 aliphatic carbocycles. The number of carbonyl (C=O) groups excluding carboxylic acids is 1. The summed E-state index contributed by atoms with van der Waals surface area (Å²) in [6.07, 6.45) is 1.58. The molecule has 1 aromatic rings. The first-order chi connectivity index (χ1) is 7.67. The number of hydrogen-bond donors (Lipinski definition) is 2. The van der Waals surface area contributed by atoms with Gasteiger partial charge in [0.25, 0.3) is 0 Å². The summed E-state index contributed by atoms with van der Waals surface area (Å²) in [5.74, 6) is -0.442. The van der Waals surface area contributed by atoms with Crippen molar-refractivity contribution in [2.75, 3.05) is 7.11 Å². The molecule has 1 rings (SSSR count). The van der Waals surface area contributed by atoms with Crippen LogP contribution in [0.4, 0.5) is 0 Å². The second-order valence-electron chi connectivity index (χ2n) is 3.19. The van der Waals surface area contributed by atoms with Crippen molar-refractivity contribution in [3.05, 3.63) is 29.8 Å². The third-order valence-electron chi connectivity index (χ3n) is 2.11. The second-order valence-corrected chi connectivity index (χ2v) is 3.19. The van der Waals surface area contributed by atoms with E-state index in [4.69, 9.17) is 9.84 Å². The quantitative estimate of drug-likeness (QED) is 0.457. The summed E-state index contributed by atoms with van der Waals surface area (Å²) in [4.78, 5) is 20.9. The summed E-state index contributed by atoms with van der Waals surface area (Å²) < 4.78 is 5.01. The number of carbonyl (C=O) groups is 1. The fourth-order valence-corrected chi connectivity index (χ4v) is 1.31. The fraction of sp³-hybridized carbons (Fsp3) is 0.273. The average Bonchev–Trinajstić information content (AvgIpc) is 2.28. The normalized spacial score (nSPS) is 10.9. The van der Waals surface area contributed by atoms with Crippen molar-refractivity contribution < 1.29 is 19.4 Å². The van der Waals surface area contributed by atoms with Crippen LogP contribution in [0.5, 0.6) is 5.75 Å². The summed E-state index contributed by atoms with van der Waals surface area (Å²) in [5, 5.41) is 10.9. The SMILES string of the molecule is COc1cccc(C[C@H](N[C-]=O)C(=O)O)c1.[Fm]. The summed E-state index contributed by atoms with van der Waals surface area (Å²) in [7, 11) is 1.53. The molecule has 0 aliphatic heterocycles.